The minimum Gasteiger partial charge on any atom is -0.384 e. The third-order valence-corrected chi connectivity index (χ3v) is 6.45. The van der Waals surface area contributed by atoms with Gasteiger partial charge in [0.15, 0.2) is 11.6 Å². The number of nitrogens with two attached hydrogens (primary N) is 1. The number of nitrogens with one attached hydrogen (secondary N) is 1. The Labute approximate surface area is 173 Å². The van der Waals surface area contributed by atoms with Gasteiger partial charge in [-0.15, -0.1) is 11.3 Å². The number of aromatic nitrogens is 3. The summed E-state index contributed by atoms with van der Waals surface area (Å²) < 4.78 is 6.71. The number of thiophene rings is 1. The molecule has 5 heterocycles. The Kier molecular flexibility index (Phi) is 5.28. The number of ether oxygens (including phenoxy) is 1. The lowest BCUT2D eigenvalue weighted by Gasteiger charge is -2.28. The Morgan fingerprint density at radius 1 is 1.10 bits per heavy atom. The molecule has 3 aromatic heterocycles. The first-order valence-electron chi connectivity index (χ1n) is 10.0. The second-order valence-corrected chi connectivity index (χ2v) is 8.53. The highest BCUT2D eigenvalue weighted by Gasteiger charge is 2.21. The SMILES string of the molecule is Nc1ccc(-c2nc(N3CCOCC3)c3sc(CN4CCNCC4)cc3n2)cn1. The molecule has 0 amide bonds. The molecule has 0 unspecified atom stereocenters. The zero-order chi connectivity index (χ0) is 19.6. The molecule has 9 heteroatoms. The molecule has 5 rings (SSSR count). The second kappa shape index (κ2) is 8.19. The summed E-state index contributed by atoms with van der Waals surface area (Å²) in [7, 11) is 0. The average molecular weight is 412 g/mol. The summed E-state index contributed by atoms with van der Waals surface area (Å²) in [5.74, 6) is 2.19. The van der Waals surface area contributed by atoms with Crippen LogP contribution in [0.2, 0.25) is 0 Å². The van der Waals surface area contributed by atoms with Crippen LogP contribution in [0.15, 0.2) is 24.4 Å². The minimum atomic E-state index is 0.497. The van der Waals surface area contributed by atoms with E-state index in [0.29, 0.717) is 11.6 Å². The summed E-state index contributed by atoms with van der Waals surface area (Å²) in [5, 5.41) is 3.41. The van der Waals surface area contributed by atoms with Crippen LogP contribution in [0.4, 0.5) is 11.6 Å². The Hall–Kier alpha value is -2.33. The molecule has 152 valence electrons. The maximum atomic E-state index is 5.75. The van der Waals surface area contributed by atoms with Gasteiger partial charge < -0.3 is 20.7 Å². The minimum absolute atomic E-state index is 0.497. The maximum absolute atomic E-state index is 5.75. The summed E-state index contributed by atoms with van der Waals surface area (Å²) in [6.45, 7) is 8.37. The molecule has 8 nitrogen and oxygen atoms in total. The van der Waals surface area contributed by atoms with Crippen molar-refractivity contribution in [3.05, 3.63) is 29.3 Å². The summed E-state index contributed by atoms with van der Waals surface area (Å²) in [4.78, 5) is 20.2. The lowest BCUT2D eigenvalue weighted by molar-refractivity contribution is 0.122. The van der Waals surface area contributed by atoms with E-state index in [9.17, 15) is 0 Å². The number of hydrogen-bond acceptors (Lipinski definition) is 9. The first-order valence-corrected chi connectivity index (χ1v) is 10.9. The molecule has 3 N–H and O–H groups in total. The van der Waals surface area contributed by atoms with Crippen LogP contribution in [0.5, 0.6) is 0 Å². The molecular weight excluding hydrogens is 386 g/mol. The number of morpholine rings is 1. The van der Waals surface area contributed by atoms with Gasteiger partial charge in [-0.2, -0.15) is 0 Å². The predicted octanol–water partition coefficient (Wildman–Crippen LogP) is 1.58. The number of nitrogen functional groups attached to an aromatic ring is 1. The molecule has 2 fully saturated rings. The van der Waals surface area contributed by atoms with Crippen molar-refractivity contribution in [1.29, 1.82) is 0 Å². The number of anilines is 2. The Morgan fingerprint density at radius 2 is 1.93 bits per heavy atom. The molecule has 0 aromatic carbocycles. The smallest absolute Gasteiger partial charge is 0.163 e. The first kappa shape index (κ1) is 18.7. The third-order valence-electron chi connectivity index (χ3n) is 5.35. The fraction of sp³-hybridized carbons (Fsp3) is 0.450. The van der Waals surface area contributed by atoms with Crippen molar-refractivity contribution in [2.45, 2.75) is 6.54 Å². The third kappa shape index (κ3) is 4.04. The molecule has 2 aliphatic rings. The summed E-state index contributed by atoms with van der Waals surface area (Å²) in [6, 6.07) is 5.95. The number of rotatable bonds is 4. The molecule has 0 saturated carbocycles. The fourth-order valence-corrected chi connectivity index (χ4v) is 4.94. The normalized spacial score (nSPS) is 18.4. The van der Waals surface area contributed by atoms with E-state index in [1.165, 1.54) is 4.88 Å². The van der Waals surface area contributed by atoms with Gasteiger partial charge in [0.25, 0.3) is 0 Å². The molecule has 0 radical (unpaired) electrons. The van der Waals surface area contributed by atoms with E-state index in [-0.39, 0.29) is 0 Å². The van der Waals surface area contributed by atoms with E-state index < -0.39 is 0 Å². The molecular formula is C20H25N7OS. The molecule has 0 bridgehead atoms. The van der Waals surface area contributed by atoms with Gasteiger partial charge in [-0.25, -0.2) is 15.0 Å². The zero-order valence-corrected chi connectivity index (χ0v) is 17.1. The van der Waals surface area contributed by atoms with Crippen LogP contribution >= 0.6 is 11.3 Å². The number of piperazine rings is 1. The van der Waals surface area contributed by atoms with Gasteiger partial charge in [-0.05, 0) is 18.2 Å². The van der Waals surface area contributed by atoms with Crippen molar-refractivity contribution >= 4 is 33.2 Å². The van der Waals surface area contributed by atoms with Gasteiger partial charge in [0.05, 0.1) is 23.4 Å². The van der Waals surface area contributed by atoms with Gasteiger partial charge in [-0.1, -0.05) is 0 Å². The lowest BCUT2D eigenvalue weighted by Crippen LogP contribution is -2.42. The van der Waals surface area contributed by atoms with Gasteiger partial charge in [0, 0.05) is 62.5 Å². The molecule has 29 heavy (non-hydrogen) atoms. The van der Waals surface area contributed by atoms with E-state index in [2.05, 4.69) is 26.2 Å². The molecule has 0 spiro atoms. The predicted molar refractivity (Wildman–Crippen MR) is 116 cm³/mol. The van der Waals surface area contributed by atoms with Crippen LogP contribution in [-0.2, 0) is 11.3 Å². The van der Waals surface area contributed by atoms with Crippen molar-refractivity contribution in [2.24, 2.45) is 0 Å². The van der Waals surface area contributed by atoms with Gasteiger partial charge in [0.2, 0.25) is 0 Å². The van der Waals surface area contributed by atoms with Gasteiger partial charge in [-0.3, -0.25) is 4.90 Å². The van der Waals surface area contributed by atoms with Crippen LogP contribution in [0.3, 0.4) is 0 Å². The van der Waals surface area contributed by atoms with E-state index >= 15 is 0 Å². The first-order chi connectivity index (χ1) is 14.3. The summed E-state index contributed by atoms with van der Waals surface area (Å²) in [6.07, 6.45) is 1.74. The number of pyridine rings is 1. The van der Waals surface area contributed by atoms with Crippen molar-refractivity contribution in [3.8, 4) is 11.4 Å². The summed E-state index contributed by atoms with van der Waals surface area (Å²) >= 11 is 1.81. The Bertz CT molecular complexity index is 978. The Balaban J connectivity index is 1.54. The van der Waals surface area contributed by atoms with Crippen molar-refractivity contribution in [2.75, 3.05) is 63.1 Å². The largest absolute Gasteiger partial charge is 0.384 e. The molecule has 2 saturated heterocycles. The Morgan fingerprint density at radius 3 is 2.69 bits per heavy atom. The van der Waals surface area contributed by atoms with Crippen molar-refractivity contribution < 1.29 is 4.74 Å². The highest BCUT2D eigenvalue weighted by molar-refractivity contribution is 7.19. The van der Waals surface area contributed by atoms with Crippen molar-refractivity contribution in [3.63, 3.8) is 0 Å². The van der Waals surface area contributed by atoms with Gasteiger partial charge in [0.1, 0.15) is 5.82 Å². The lowest BCUT2D eigenvalue weighted by atomic mass is 10.2. The quantitative estimate of drug-likeness (QED) is 0.669. The molecule has 0 atom stereocenters. The van der Waals surface area contributed by atoms with Crippen LogP contribution in [0.1, 0.15) is 4.88 Å². The highest BCUT2D eigenvalue weighted by atomic mass is 32.1. The van der Waals surface area contributed by atoms with E-state index in [4.69, 9.17) is 20.4 Å². The van der Waals surface area contributed by atoms with E-state index in [1.807, 2.05) is 17.4 Å². The topological polar surface area (TPSA) is 92.4 Å². The van der Waals surface area contributed by atoms with E-state index in [1.54, 1.807) is 12.3 Å². The van der Waals surface area contributed by atoms with Crippen LogP contribution in [-0.4, -0.2) is 72.3 Å². The van der Waals surface area contributed by atoms with E-state index in [0.717, 1.165) is 80.6 Å². The monoisotopic (exact) mass is 411 g/mol. The van der Waals surface area contributed by atoms with Crippen LogP contribution in [0, 0.1) is 0 Å². The molecule has 2 aliphatic heterocycles. The molecule has 3 aromatic rings. The van der Waals surface area contributed by atoms with Crippen LogP contribution < -0.4 is 16.0 Å². The standard InChI is InChI=1S/C20H25N7OS/c21-17-2-1-14(12-23-17)19-24-16-11-15(13-26-5-3-22-4-6-26)29-18(16)20(25-19)27-7-9-28-10-8-27/h1-2,11-12,22H,3-10,13H2,(H2,21,23). The highest BCUT2D eigenvalue weighted by Crippen LogP contribution is 2.35. The second-order valence-electron chi connectivity index (χ2n) is 7.40. The molecule has 0 aliphatic carbocycles. The van der Waals surface area contributed by atoms with Crippen molar-refractivity contribution in [1.82, 2.24) is 25.2 Å². The van der Waals surface area contributed by atoms with Crippen LogP contribution in [0.25, 0.3) is 21.6 Å². The summed E-state index contributed by atoms with van der Waals surface area (Å²) in [5.41, 5.74) is 7.64. The number of hydrogen-bond donors (Lipinski definition) is 2. The zero-order valence-electron chi connectivity index (χ0n) is 16.3. The fourth-order valence-electron chi connectivity index (χ4n) is 3.79. The average Bonchev–Trinajstić information content (AvgIpc) is 3.17. The maximum Gasteiger partial charge on any atom is 0.163 e. The van der Waals surface area contributed by atoms with Gasteiger partial charge >= 0.3 is 0 Å². The number of nitrogens with zero attached hydrogens (tertiary/aromatic N) is 5. The number of fused-ring (bicyclic) bond motifs is 1.